The summed E-state index contributed by atoms with van der Waals surface area (Å²) in [4.78, 5) is 16.8. The maximum absolute atomic E-state index is 12.4. The van der Waals surface area contributed by atoms with Crippen LogP contribution in [0, 0.1) is 5.92 Å². The van der Waals surface area contributed by atoms with Crippen molar-refractivity contribution in [3.05, 3.63) is 114 Å². The van der Waals surface area contributed by atoms with Gasteiger partial charge in [0.05, 0.1) is 18.8 Å². The normalized spacial score (nSPS) is 20.7. The van der Waals surface area contributed by atoms with Crippen molar-refractivity contribution in [3.8, 4) is 0 Å². The van der Waals surface area contributed by atoms with Gasteiger partial charge in [0.15, 0.2) is 11.4 Å². The first-order chi connectivity index (χ1) is 19.5. The van der Waals surface area contributed by atoms with Crippen molar-refractivity contribution in [2.75, 3.05) is 11.1 Å². The smallest absolute Gasteiger partial charge is 0.319 e. The molecule has 1 aromatic heterocycles. The first-order valence-corrected chi connectivity index (χ1v) is 14.3. The highest BCUT2D eigenvalue weighted by atomic mass is 32.2. The molecule has 9 heteroatoms. The van der Waals surface area contributed by atoms with E-state index in [9.17, 15) is 9.90 Å². The Bertz CT molecular complexity index is 1380. The van der Waals surface area contributed by atoms with E-state index in [0.29, 0.717) is 12.2 Å². The number of aliphatic hydroxyl groups is 1. The van der Waals surface area contributed by atoms with E-state index in [1.54, 1.807) is 18.0 Å². The second kappa shape index (κ2) is 13.1. The molecule has 1 fully saturated rings. The van der Waals surface area contributed by atoms with Crippen molar-refractivity contribution in [2.24, 2.45) is 13.0 Å². The third-order valence-electron chi connectivity index (χ3n) is 7.01. The maximum atomic E-state index is 12.4. The van der Waals surface area contributed by atoms with Crippen LogP contribution in [0.1, 0.15) is 41.6 Å². The second-order valence-electron chi connectivity index (χ2n) is 9.87. The molecule has 1 saturated heterocycles. The minimum absolute atomic E-state index is 0.000680. The van der Waals surface area contributed by atoms with Crippen LogP contribution >= 0.6 is 11.8 Å². The number of ether oxygens (including phenoxy) is 2. The summed E-state index contributed by atoms with van der Waals surface area (Å²) in [7, 11) is 1.98. The number of aryl methyl sites for hydroxylation is 1. The van der Waals surface area contributed by atoms with E-state index in [1.807, 2.05) is 96.7 Å². The van der Waals surface area contributed by atoms with Gasteiger partial charge in [-0.1, -0.05) is 85.4 Å². The molecule has 4 aromatic rings. The van der Waals surface area contributed by atoms with Crippen molar-refractivity contribution in [1.82, 2.24) is 14.9 Å². The van der Waals surface area contributed by atoms with Crippen molar-refractivity contribution >= 4 is 23.5 Å². The van der Waals surface area contributed by atoms with E-state index in [1.165, 1.54) is 0 Å². The number of rotatable bonds is 9. The Hall–Kier alpha value is -3.63. The van der Waals surface area contributed by atoms with Gasteiger partial charge in [0.2, 0.25) is 0 Å². The molecule has 1 aliphatic heterocycles. The number of aliphatic hydroxyl groups excluding tert-OH is 1. The summed E-state index contributed by atoms with van der Waals surface area (Å²) >= 11 is 1.66. The fourth-order valence-electron chi connectivity index (χ4n) is 4.63. The number of aromatic nitrogens is 2. The van der Waals surface area contributed by atoms with E-state index in [4.69, 9.17) is 9.47 Å². The predicted octanol–water partition coefficient (Wildman–Crippen LogP) is 5.82. The summed E-state index contributed by atoms with van der Waals surface area (Å²) in [5, 5.41) is 16.2. The summed E-state index contributed by atoms with van der Waals surface area (Å²) in [5.41, 5.74) is 4.48. The monoisotopic (exact) mass is 558 g/mol. The predicted molar refractivity (Wildman–Crippen MR) is 156 cm³/mol. The standard InChI is InChI=1S/C31H34N4O4S/c1-21-27(20-40-31-32-16-17-35(31)2)38-29(39-28(21)24-10-8-23(19-36)9-11-24)25-12-14-26(15-13-25)34-30(37)33-18-22-6-4-3-5-7-22/h3-17,21,27-29,36H,18-20H2,1-2H3,(H2,33,34,37). The van der Waals surface area contributed by atoms with Crippen molar-refractivity contribution in [1.29, 1.82) is 0 Å². The Morgan fingerprint density at radius 1 is 0.975 bits per heavy atom. The number of hydrogen-bond acceptors (Lipinski definition) is 6. The summed E-state index contributed by atoms with van der Waals surface area (Å²) in [6, 6.07) is 24.9. The highest BCUT2D eigenvalue weighted by molar-refractivity contribution is 7.99. The third kappa shape index (κ3) is 6.92. The van der Waals surface area contributed by atoms with Crippen LogP contribution in [-0.4, -0.2) is 32.5 Å². The molecule has 2 amide bonds. The molecule has 208 valence electrons. The Morgan fingerprint density at radius 3 is 2.38 bits per heavy atom. The largest absolute Gasteiger partial charge is 0.392 e. The number of anilines is 1. The topological polar surface area (TPSA) is 97.6 Å². The molecule has 8 nitrogen and oxygen atoms in total. The minimum atomic E-state index is -0.577. The molecule has 2 heterocycles. The summed E-state index contributed by atoms with van der Waals surface area (Å²) in [6.45, 7) is 2.59. The molecule has 5 rings (SSSR count). The molecule has 3 N–H and O–H groups in total. The van der Waals surface area contributed by atoms with Crippen LogP contribution in [0.4, 0.5) is 10.5 Å². The number of urea groups is 1. The van der Waals surface area contributed by atoms with Gasteiger partial charge in [-0.05, 0) is 28.8 Å². The second-order valence-corrected chi connectivity index (χ2v) is 10.9. The molecule has 4 unspecified atom stereocenters. The molecular weight excluding hydrogens is 524 g/mol. The lowest BCUT2D eigenvalue weighted by atomic mass is 9.91. The zero-order valence-corrected chi connectivity index (χ0v) is 23.4. The van der Waals surface area contributed by atoms with Gasteiger partial charge in [-0.15, -0.1) is 0 Å². The van der Waals surface area contributed by atoms with E-state index in [0.717, 1.165) is 33.2 Å². The number of thioether (sulfide) groups is 1. The van der Waals surface area contributed by atoms with Crippen LogP contribution in [0.15, 0.2) is 96.4 Å². The zero-order chi connectivity index (χ0) is 27.9. The Morgan fingerprint density at radius 2 is 1.70 bits per heavy atom. The Balaban J connectivity index is 1.28. The molecule has 0 spiro atoms. The van der Waals surface area contributed by atoms with Crippen molar-refractivity contribution in [3.63, 3.8) is 0 Å². The molecule has 0 saturated carbocycles. The summed E-state index contributed by atoms with van der Waals surface area (Å²) in [5.74, 6) is 0.802. The summed E-state index contributed by atoms with van der Waals surface area (Å²) < 4.78 is 15.0. The average molecular weight is 559 g/mol. The van der Waals surface area contributed by atoms with E-state index in [2.05, 4.69) is 22.5 Å². The van der Waals surface area contributed by atoms with Gasteiger partial charge in [0.25, 0.3) is 0 Å². The molecule has 4 atom stereocenters. The highest BCUT2D eigenvalue weighted by Crippen LogP contribution is 2.43. The fourth-order valence-corrected chi connectivity index (χ4v) is 5.73. The lowest BCUT2D eigenvalue weighted by Crippen LogP contribution is -2.38. The Labute approximate surface area is 238 Å². The van der Waals surface area contributed by atoms with Gasteiger partial charge in [-0.3, -0.25) is 0 Å². The van der Waals surface area contributed by atoms with Crippen LogP contribution in [-0.2, 0) is 29.7 Å². The number of benzene rings is 3. The van der Waals surface area contributed by atoms with Gasteiger partial charge < -0.3 is 29.8 Å². The number of hydrogen-bond donors (Lipinski definition) is 3. The van der Waals surface area contributed by atoms with Crippen LogP contribution in [0.5, 0.6) is 0 Å². The number of carbonyl (C=O) groups is 1. The Kier molecular flexibility index (Phi) is 9.18. The average Bonchev–Trinajstić information content (AvgIpc) is 3.41. The molecule has 0 radical (unpaired) electrons. The molecule has 0 aliphatic carbocycles. The molecule has 0 bridgehead atoms. The number of nitrogens with zero attached hydrogens (tertiary/aromatic N) is 2. The van der Waals surface area contributed by atoms with Crippen LogP contribution < -0.4 is 10.6 Å². The molecule has 40 heavy (non-hydrogen) atoms. The van der Waals surface area contributed by atoms with Gasteiger partial charge in [0.1, 0.15) is 0 Å². The summed E-state index contributed by atoms with van der Waals surface area (Å²) in [6.07, 6.45) is 2.86. The van der Waals surface area contributed by atoms with Crippen LogP contribution in [0.2, 0.25) is 0 Å². The van der Waals surface area contributed by atoms with E-state index in [-0.39, 0.29) is 30.8 Å². The van der Waals surface area contributed by atoms with E-state index < -0.39 is 6.29 Å². The lowest BCUT2D eigenvalue weighted by Gasteiger charge is -2.41. The SMILES string of the molecule is CC1C(CSc2nccn2C)OC(c2ccc(NC(=O)NCc3ccccc3)cc2)OC1c1ccc(CO)cc1. The number of carbonyl (C=O) groups excluding carboxylic acids is 1. The van der Waals surface area contributed by atoms with Crippen LogP contribution in [0.25, 0.3) is 0 Å². The van der Waals surface area contributed by atoms with Gasteiger partial charge in [-0.25, -0.2) is 9.78 Å². The number of nitrogens with one attached hydrogen (secondary N) is 2. The maximum Gasteiger partial charge on any atom is 0.319 e. The first-order valence-electron chi connectivity index (χ1n) is 13.3. The third-order valence-corrected chi connectivity index (χ3v) is 8.16. The highest BCUT2D eigenvalue weighted by Gasteiger charge is 2.38. The van der Waals surface area contributed by atoms with Gasteiger partial charge in [-0.2, -0.15) is 0 Å². The van der Waals surface area contributed by atoms with Gasteiger partial charge >= 0.3 is 6.03 Å². The van der Waals surface area contributed by atoms with Crippen molar-refractivity contribution in [2.45, 2.75) is 43.7 Å². The van der Waals surface area contributed by atoms with Crippen LogP contribution in [0.3, 0.4) is 0 Å². The van der Waals surface area contributed by atoms with Gasteiger partial charge in [0, 0.05) is 48.9 Å². The first kappa shape index (κ1) is 27.9. The zero-order valence-electron chi connectivity index (χ0n) is 22.6. The lowest BCUT2D eigenvalue weighted by molar-refractivity contribution is -0.268. The quantitative estimate of drug-likeness (QED) is 0.224. The minimum Gasteiger partial charge on any atom is -0.392 e. The fraction of sp³-hybridized carbons (Fsp3) is 0.290. The number of imidazole rings is 1. The molecule has 3 aromatic carbocycles. The van der Waals surface area contributed by atoms with Crippen molar-refractivity contribution < 1.29 is 19.4 Å². The van der Waals surface area contributed by atoms with E-state index >= 15 is 0 Å². The molecule has 1 aliphatic rings. The number of amides is 2. The molecular formula is C31H34N4O4S.